The Kier molecular flexibility index (Phi) is 5.71. The number of nitrogens with one attached hydrogen (secondary N) is 1. The monoisotopic (exact) mass is 339 g/mol. The smallest absolute Gasteiger partial charge is 0.260 e. The topological polar surface area (TPSA) is 34.0 Å². The predicted molar refractivity (Wildman–Crippen MR) is 98.8 cm³/mol. The van der Waals surface area contributed by atoms with Crippen molar-refractivity contribution in [2.75, 3.05) is 32.8 Å². The second-order valence-electron chi connectivity index (χ2n) is 6.84. The molecule has 0 aliphatic carbocycles. The van der Waals surface area contributed by atoms with Gasteiger partial charge in [-0.15, -0.1) is 0 Å². The number of ether oxygens (including phenoxy) is 1. The SMILES string of the molecule is Cc1cccc(OCC(=O)N2CC[NH+](Cc3ccccc3C)CC2)c1. The number of carbonyl (C=O) groups is 1. The summed E-state index contributed by atoms with van der Waals surface area (Å²) in [4.78, 5) is 15.8. The maximum atomic E-state index is 12.4. The van der Waals surface area contributed by atoms with Crippen LogP contribution in [0.4, 0.5) is 0 Å². The van der Waals surface area contributed by atoms with E-state index in [1.165, 1.54) is 16.0 Å². The maximum Gasteiger partial charge on any atom is 0.260 e. The van der Waals surface area contributed by atoms with Crippen LogP contribution in [0.25, 0.3) is 0 Å². The number of hydrogen-bond acceptors (Lipinski definition) is 2. The molecule has 3 rings (SSSR count). The Bertz CT molecular complexity index is 721. The molecule has 1 saturated heterocycles. The lowest BCUT2D eigenvalue weighted by atomic mass is 10.1. The molecule has 2 aromatic carbocycles. The molecule has 0 radical (unpaired) electrons. The van der Waals surface area contributed by atoms with Crippen molar-refractivity contribution in [3.8, 4) is 5.75 Å². The molecule has 132 valence electrons. The third-order valence-electron chi connectivity index (χ3n) is 4.88. The minimum Gasteiger partial charge on any atom is -0.484 e. The van der Waals surface area contributed by atoms with Gasteiger partial charge in [0.25, 0.3) is 5.91 Å². The summed E-state index contributed by atoms with van der Waals surface area (Å²) in [6.45, 7) is 8.93. The number of nitrogens with zero attached hydrogens (tertiary/aromatic N) is 1. The Hall–Kier alpha value is -2.33. The number of piperazine rings is 1. The van der Waals surface area contributed by atoms with E-state index in [0.717, 1.165) is 44.0 Å². The second kappa shape index (κ2) is 8.17. The number of quaternary nitrogens is 1. The molecule has 2 aromatic rings. The third kappa shape index (κ3) is 4.83. The largest absolute Gasteiger partial charge is 0.484 e. The molecule has 1 N–H and O–H groups in total. The molecule has 1 fully saturated rings. The Morgan fingerprint density at radius 1 is 1.08 bits per heavy atom. The molecule has 1 aliphatic rings. The molecule has 0 unspecified atom stereocenters. The van der Waals surface area contributed by atoms with Crippen LogP contribution >= 0.6 is 0 Å². The molecule has 1 amide bonds. The normalized spacial score (nSPS) is 15.2. The molecule has 0 saturated carbocycles. The van der Waals surface area contributed by atoms with Crippen LogP contribution < -0.4 is 9.64 Å². The van der Waals surface area contributed by atoms with Crippen LogP contribution in [0.15, 0.2) is 48.5 Å². The van der Waals surface area contributed by atoms with E-state index in [0.29, 0.717) is 0 Å². The van der Waals surface area contributed by atoms with Gasteiger partial charge in [-0.3, -0.25) is 4.79 Å². The quantitative estimate of drug-likeness (QED) is 0.898. The molecule has 0 aromatic heterocycles. The van der Waals surface area contributed by atoms with Gasteiger partial charge in [0.15, 0.2) is 6.61 Å². The minimum absolute atomic E-state index is 0.0800. The lowest BCUT2D eigenvalue weighted by Crippen LogP contribution is -3.13. The van der Waals surface area contributed by atoms with Gasteiger partial charge in [0.2, 0.25) is 0 Å². The van der Waals surface area contributed by atoms with Crippen molar-refractivity contribution in [2.45, 2.75) is 20.4 Å². The fourth-order valence-corrected chi connectivity index (χ4v) is 3.27. The van der Waals surface area contributed by atoms with Crippen LogP contribution in [0.1, 0.15) is 16.7 Å². The van der Waals surface area contributed by atoms with Crippen molar-refractivity contribution in [1.82, 2.24) is 4.90 Å². The number of benzene rings is 2. The summed E-state index contributed by atoms with van der Waals surface area (Å²) in [6.07, 6.45) is 0. The van der Waals surface area contributed by atoms with E-state index in [2.05, 4.69) is 31.2 Å². The molecule has 0 spiro atoms. The molecule has 4 heteroatoms. The first-order valence-corrected chi connectivity index (χ1v) is 8.97. The van der Waals surface area contributed by atoms with E-state index in [1.807, 2.05) is 36.1 Å². The standard InChI is InChI=1S/C21H26N2O2/c1-17-6-5-9-20(14-17)25-16-21(24)23-12-10-22(11-13-23)15-19-8-4-3-7-18(19)2/h3-9,14H,10-13,15-16H2,1-2H3/p+1. The molecule has 1 heterocycles. The Morgan fingerprint density at radius 3 is 2.56 bits per heavy atom. The van der Waals surface area contributed by atoms with Gasteiger partial charge in [0.1, 0.15) is 12.3 Å². The van der Waals surface area contributed by atoms with Crippen molar-refractivity contribution in [3.63, 3.8) is 0 Å². The fourth-order valence-electron chi connectivity index (χ4n) is 3.27. The van der Waals surface area contributed by atoms with E-state index in [9.17, 15) is 4.79 Å². The number of amides is 1. The van der Waals surface area contributed by atoms with Gasteiger partial charge >= 0.3 is 0 Å². The summed E-state index contributed by atoms with van der Waals surface area (Å²) in [5.74, 6) is 0.841. The number of hydrogen-bond donors (Lipinski definition) is 1. The van der Waals surface area contributed by atoms with Crippen molar-refractivity contribution in [1.29, 1.82) is 0 Å². The van der Waals surface area contributed by atoms with Crippen LogP contribution in [-0.4, -0.2) is 43.6 Å². The number of aryl methyl sites for hydroxylation is 2. The maximum absolute atomic E-state index is 12.4. The van der Waals surface area contributed by atoms with E-state index < -0.39 is 0 Å². The van der Waals surface area contributed by atoms with Crippen molar-refractivity contribution >= 4 is 5.91 Å². The first-order chi connectivity index (χ1) is 12.1. The molecular weight excluding hydrogens is 312 g/mol. The van der Waals surface area contributed by atoms with Gasteiger partial charge in [0, 0.05) is 5.56 Å². The summed E-state index contributed by atoms with van der Waals surface area (Å²) in [5, 5.41) is 0. The molecular formula is C21H27N2O2+. The molecule has 25 heavy (non-hydrogen) atoms. The number of rotatable bonds is 5. The highest BCUT2D eigenvalue weighted by molar-refractivity contribution is 5.77. The van der Waals surface area contributed by atoms with E-state index in [1.54, 1.807) is 0 Å². The summed E-state index contributed by atoms with van der Waals surface area (Å²) >= 11 is 0. The Morgan fingerprint density at radius 2 is 1.84 bits per heavy atom. The zero-order chi connectivity index (χ0) is 17.6. The predicted octanol–water partition coefficient (Wildman–Crippen LogP) is 1.61. The summed E-state index contributed by atoms with van der Waals surface area (Å²) in [6, 6.07) is 16.4. The van der Waals surface area contributed by atoms with Gasteiger partial charge in [-0.2, -0.15) is 0 Å². The first kappa shape index (κ1) is 17.5. The molecule has 1 aliphatic heterocycles. The zero-order valence-electron chi connectivity index (χ0n) is 15.1. The fraction of sp³-hybridized carbons (Fsp3) is 0.381. The first-order valence-electron chi connectivity index (χ1n) is 8.97. The summed E-state index contributed by atoms with van der Waals surface area (Å²) < 4.78 is 5.64. The van der Waals surface area contributed by atoms with Crippen molar-refractivity contribution < 1.29 is 14.4 Å². The van der Waals surface area contributed by atoms with E-state index >= 15 is 0 Å². The van der Waals surface area contributed by atoms with Crippen LogP contribution in [0.3, 0.4) is 0 Å². The number of carbonyl (C=O) groups excluding carboxylic acids is 1. The highest BCUT2D eigenvalue weighted by atomic mass is 16.5. The average Bonchev–Trinajstić information content (AvgIpc) is 2.62. The van der Waals surface area contributed by atoms with Crippen molar-refractivity contribution in [2.24, 2.45) is 0 Å². The summed E-state index contributed by atoms with van der Waals surface area (Å²) in [5.41, 5.74) is 3.89. The highest BCUT2D eigenvalue weighted by Gasteiger charge is 2.24. The van der Waals surface area contributed by atoms with Crippen LogP contribution in [0.2, 0.25) is 0 Å². The van der Waals surface area contributed by atoms with Crippen LogP contribution in [0.5, 0.6) is 5.75 Å². The van der Waals surface area contributed by atoms with E-state index in [4.69, 9.17) is 4.74 Å². The minimum atomic E-state index is 0.0800. The van der Waals surface area contributed by atoms with Gasteiger partial charge in [-0.25, -0.2) is 0 Å². The van der Waals surface area contributed by atoms with Crippen LogP contribution in [-0.2, 0) is 11.3 Å². The van der Waals surface area contributed by atoms with Gasteiger partial charge < -0.3 is 14.5 Å². The molecule has 0 atom stereocenters. The second-order valence-corrected chi connectivity index (χ2v) is 6.84. The Labute approximate surface area is 150 Å². The summed E-state index contributed by atoms with van der Waals surface area (Å²) in [7, 11) is 0. The highest BCUT2D eigenvalue weighted by Crippen LogP contribution is 2.12. The lowest BCUT2D eigenvalue weighted by Gasteiger charge is -2.32. The zero-order valence-corrected chi connectivity index (χ0v) is 15.1. The molecule has 4 nitrogen and oxygen atoms in total. The van der Waals surface area contributed by atoms with Gasteiger partial charge in [-0.1, -0.05) is 36.4 Å². The Balaban J connectivity index is 1.45. The average molecular weight is 339 g/mol. The molecule has 0 bridgehead atoms. The van der Waals surface area contributed by atoms with Crippen LogP contribution in [0, 0.1) is 13.8 Å². The third-order valence-corrected chi connectivity index (χ3v) is 4.88. The van der Waals surface area contributed by atoms with Crippen molar-refractivity contribution in [3.05, 3.63) is 65.2 Å². The van der Waals surface area contributed by atoms with E-state index in [-0.39, 0.29) is 12.5 Å². The lowest BCUT2D eigenvalue weighted by molar-refractivity contribution is -0.917. The van der Waals surface area contributed by atoms with Gasteiger partial charge in [0.05, 0.1) is 26.2 Å². The van der Waals surface area contributed by atoms with Gasteiger partial charge in [-0.05, 0) is 37.1 Å².